The average Bonchev–Trinajstić information content (AvgIpc) is 3.32. The number of aromatic nitrogens is 2. The van der Waals surface area contributed by atoms with Crippen molar-refractivity contribution in [2.45, 2.75) is 31.1 Å². The normalized spacial score (nSPS) is 18.3. The van der Waals surface area contributed by atoms with Gasteiger partial charge in [-0.25, -0.2) is 0 Å². The quantitative estimate of drug-likeness (QED) is 0.922. The van der Waals surface area contributed by atoms with Crippen LogP contribution >= 0.6 is 11.5 Å². The first-order valence-electron chi connectivity index (χ1n) is 8.23. The smallest absolute Gasteiger partial charge is 0.264 e. The standard InChI is InChI=1S/C17H19N3O3S/c21-16(15-10-19-20-24-15)18-11-17(5-1-2-6-17)12-3-4-13-14(9-12)23-8-7-22-13/h3-4,9-10H,1-2,5-8,11H2,(H,18,21). The molecule has 2 aromatic rings. The van der Waals surface area contributed by atoms with Crippen molar-refractivity contribution in [3.8, 4) is 11.5 Å². The van der Waals surface area contributed by atoms with Crippen LogP contribution in [0.2, 0.25) is 0 Å². The highest BCUT2D eigenvalue weighted by Gasteiger charge is 2.37. The molecule has 1 aromatic heterocycles. The zero-order valence-corrected chi connectivity index (χ0v) is 14.1. The van der Waals surface area contributed by atoms with Gasteiger partial charge in [-0.1, -0.05) is 23.4 Å². The summed E-state index contributed by atoms with van der Waals surface area (Å²) in [5.41, 5.74) is 1.18. The molecule has 2 aliphatic rings. The van der Waals surface area contributed by atoms with E-state index >= 15 is 0 Å². The first-order chi connectivity index (χ1) is 11.8. The third-order valence-corrected chi connectivity index (χ3v) is 5.55. The Morgan fingerprint density at radius 2 is 2.00 bits per heavy atom. The fourth-order valence-electron chi connectivity index (χ4n) is 3.60. The number of ether oxygens (including phenoxy) is 2. The Morgan fingerprint density at radius 3 is 2.75 bits per heavy atom. The average molecular weight is 345 g/mol. The number of amides is 1. The first kappa shape index (κ1) is 15.4. The summed E-state index contributed by atoms with van der Waals surface area (Å²) >= 11 is 1.12. The second-order valence-electron chi connectivity index (χ2n) is 6.31. The molecule has 2 heterocycles. The van der Waals surface area contributed by atoms with Crippen LogP contribution in [0.25, 0.3) is 0 Å². The number of rotatable bonds is 4. The minimum absolute atomic E-state index is 0.0381. The van der Waals surface area contributed by atoms with E-state index in [4.69, 9.17) is 9.47 Å². The minimum Gasteiger partial charge on any atom is -0.486 e. The molecule has 0 unspecified atom stereocenters. The Labute approximate surface area is 144 Å². The maximum absolute atomic E-state index is 12.2. The maximum Gasteiger partial charge on any atom is 0.264 e. The number of hydrogen-bond acceptors (Lipinski definition) is 6. The van der Waals surface area contributed by atoms with E-state index in [0.717, 1.165) is 35.9 Å². The summed E-state index contributed by atoms with van der Waals surface area (Å²) in [5, 5.41) is 6.79. The molecule has 126 valence electrons. The molecule has 1 saturated carbocycles. The van der Waals surface area contributed by atoms with Crippen molar-refractivity contribution in [2.75, 3.05) is 19.8 Å². The van der Waals surface area contributed by atoms with E-state index in [1.807, 2.05) is 6.07 Å². The van der Waals surface area contributed by atoms with Crippen molar-refractivity contribution in [2.24, 2.45) is 0 Å². The lowest BCUT2D eigenvalue weighted by molar-refractivity contribution is 0.0947. The molecule has 7 heteroatoms. The molecule has 6 nitrogen and oxygen atoms in total. The molecule has 0 saturated heterocycles. The van der Waals surface area contributed by atoms with Crippen molar-refractivity contribution in [1.82, 2.24) is 14.9 Å². The molecular formula is C17H19N3O3S. The van der Waals surface area contributed by atoms with Crippen LogP contribution in [-0.4, -0.2) is 35.3 Å². The van der Waals surface area contributed by atoms with E-state index in [0.29, 0.717) is 24.6 Å². The fraction of sp³-hybridized carbons (Fsp3) is 0.471. The van der Waals surface area contributed by atoms with E-state index in [1.54, 1.807) is 0 Å². The van der Waals surface area contributed by atoms with Gasteiger partial charge in [-0.05, 0) is 42.1 Å². The van der Waals surface area contributed by atoms with Gasteiger partial charge in [0.2, 0.25) is 0 Å². The summed E-state index contributed by atoms with van der Waals surface area (Å²) < 4.78 is 15.1. The molecule has 0 spiro atoms. The number of hydrogen-bond donors (Lipinski definition) is 1. The SMILES string of the molecule is O=C(NCC1(c2ccc3c(c2)OCCO3)CCCC1)c1cnns1. The summed E-state index contributed by atoms with van der Waals surface area (Å²) in [4.78, 5) is 12.8. The summed E-state index contributed by atoms with van der Waals surface area (Å²) in [5.74, 6) is 1.51. The summed E-state index contributed by atoms with van der Waals surface area (Å²) in [6.07, 6.45) is 5.98. The fourth-order valence-corrected chi connectivity index (χ4v) is 4.03. The molecule has 0 radical (unpaired) electrons. The molecule has 1 amide bonds. The van der Waals surface area contributed by atoms with E-state index in [2.05, 4.69) is 27.0 Å². The van der Waals surface area contributed by atoms with Gasteiger partial charge in [-0.3, -0.25) is 4.79 Å². The van der Waals surface area contributed by atoms with Crippen LogP contribution in [0.15, 0.2) is 24.4 Å². The van der Waals surface area contributed by atoms with Gasteiger partial charge in [0.05, 0.1) is 6.20 Å². The topological polar surface area (TPSA) is 73.3 Å². The van der Waals surface area contributed by atoms with Gasteiger partial charge in [0.15, 0.2) is 11.5 Å². The third-order valence-electron chi connectivity index (χ3n) is 4.89. The molecule has 1 N–H and O–H groups in total. The second kappa shape index (κ2) is 6.39. The van der Waals surface area contributed by atoms with Crippen LogP contribution in [0.5, 0.6) is 11.5 Å². The number of nitrogens with one attached hydrogen (secondary N) is 1. The zero-order valence-electron chi connectivity index (χ0n) is 13.3. The minimum atomic E-state index is -0.103. The Kier molecular flexibility index (Phi) is 4.10. The molecule has 1 aliphatic heterocycles. The number of nitrogens with zero attached hydrogens (tertiary/aromatic N) is 2. The van der Waals surface area contributed by atoms with Crippen LogP contribution in [0.3, 0.4) is 0 Å². The molecule has 24 heavy (non-hydrogen) atoms. The summed E-state index contributed by atoms with van der Waals surface area (Å²) in [7, 11) is 0. The highest BCUT2D eigenvalue weighted by Crippen LogP contribution is 2.43. The Hall–Kier alpha value is -2.15. The number of carbonyl (C=O) groups is 1. The third kappa shape index (κ3) is 2.84. The second-order valence-corrected chi connectivity index (χ2v) is 7.10. The Morgan fingerprint density at radius 1 is 1.21 bits per heavy atom. The van der Waals surface area contributed by atoms with Gasteiger partial charge in [-0.2, -0.15) is 0 Å². The van der Waals surface area contributed by atoms with Gasteiger partial charge in [0, 0.05) is 12.0 Å². The number of carbonyl (C=O) groups excluding carboxylic acids is 1. The van der Waals surface area contributed by atoms with E-state index < -0.39 is 0 Å². The Bertz CT molecular complexity index is 727. The molecule has 1 aliphatic carbocycles. The van der Waals surface area contributed by atoms with Gasteiger partial charge < -0.3 is 14.8 Å². The molecular weight excluding hydrogens is 326 g/mol. The van der Waals surface area contributed by atoms with Gasteiger partial charge in [-0.15, -0.1) is 5.10 Å². The van der Waals surface area contributed by atoms with Crippen LogP contribution in [0, 0.1) is 0 Å². The molecule has 1 aromatic carbocycles. The predicted octanol–water partition coefficient (Wildman–Crippen LogP) is 2.55. The summed E-state index contributed by atoms with van der Waals surface area (Å²) in [6.45, 7) is 1.79. The highest BCUT2D eigenvalue weighted by molar-refractivity contribution is 7.07. The number of fused-ring (bicyclic) bond motifs is 1. The van der Waals surface area contributed by atoms with Crippen molar-refractivity contribution in [1.29, 1.82) is 0 Å². The number of benzene rings is 1. The predicted molar refractivity (Wildman–Crippen MR) is 89.8 cm³/mol. The van der Waals surface area contributed by atoms with Crippen molar-refractivity contribution in [3.63, 3.8) is 0 Å². The van der Waals surface area contributed by atoms with Crippen molar-refractivity contribution >= 4 is 17.4 Å². The lowest BCUT2D eigenvalue weighted by Crippen LogP contribution is -2.38. The Balaban J connectivity index is 1.56. The zero-order chi connectivity index (χ0) is 16.4. The monoisotopic (exact) mass is 345 g/mol. The van der Waals surface area contributed by atoms with Gasteiger partial charge >= 0.3 is 0 Å². The highest BCUT2D eigenvalue weighted by atomic mass is 32.1. The lowest BCUT2D eigenvalue weighted by Gasteiger charge is -2.31. The molecule has 1 fully saturated rings. The van der Waals surface area contributed by atoms with Crippen LogP contribution in [-0.2, 0) is 5.41 Å². The molecule has 0 bridgehead atoms. The molecule has 0 atom stereocenters. The summed E-state index contributed by atoms with van der Waals surface area (Å²) in [6, 6.07) is 6.18. The van der Waals surface area contributed by atoms with Crippen molar-refractivity contribution < 1.29 is 14.3 Å². The largest absolute Gasteiger partial charge is 0.486 e. The van der Waals surface area contributed by atoms with Crippen LogP contribution in [0.1, 0.15) is 40.9 Å². The van der Waals surface area contributed by atoms with Gasteiger partial charge in [0.1, 0.15) is 18.1 Å². The van der Waals surface area contributed by atoms with Crippen LogP contribution in [0.4, 0.5) is 0 Å². The molecule has 4 rings (SSSR count). The van der Waals surface area contributed by atoms with Crippen molar-refractivity contribution in [3.05, 3.63) is 34.8 Å². The van der Waals surface area contributed by atoms with Gasteiger partial charge in [0.25, 0.3) is 5.91 Å². The first-order valence-corrected chi connectivity index (χ1v) is 9.00. The van der Waals surface area contributed by atoms with E-state index in [1.165, 1.54) is 24.6 Å². The van der Waals surface area contributed by atoms with E-state index in [-0.39, 0.29) is 11.3 Å². The van der Waals surface area contributed by atoms with E-state index in [9.17, 15) is 4.79 Å². The maximum atomic E-state index is 12.2. The lowest BCUT2D eigenvalue weighted by atomic mass is 9.78. The van der Waals surface area contributed by atoms with Crippen LogP contribution < -0.4 is 14.8 Å².